The molecule has 154 valence electrons. The standard InChI is InChI=1S/C20H23FN4O4/c1-3-4-7-28-20(27)25-11-16(12-25)29-15-8-13(2)23-17(9-15)19(26)24-18-6-5-14(21)10-22-18/h5-6,8-10,16H,3-4,7,11-12H2,1-2H3,(H,22,24,26). The largest absolute Gasteiger partial charge is 0.487 e. The minimum atomic E-state index is -0.490. The molecule has 0 unspecified atom stereocenters. The molecule has 9 heteroatoms. The number of rotatable bonds is 7. The van der Waals surface area contributed by atoms with Crippen LogP contribution in [0, 0.1) is 12.7 Å². The number of amides is 2. The Balaban J connectivity index is 1.55. The first-order chi connectivity index (χ1) is 13.9. The Kier molecular flexibility index (Phi) is 6.58. The molecule has 0 saturated carbocycles. The van der Waals surface area contributed by atoms with Crippen molar-refractivity contribution in [2.75, 3.05) is 25.0 Å². The average Bonchev–Trinajstić information content (AvgIpc) is 2.65. The van der Waals surface area contributed by atoms with Gasteiger partial charge in [0, 0.05) is 17.8 Å². The summed E-state index contributed by atoms with van der Waals surface area (Å²) in [4.78, 5) is 33.8. The first-order valence-corrected chi connectivity index (χ1v) is 9.44. The number of hydrogen-bond acceptors (Lipinski definition) is 6. The van der Waals surface area contributed by atoms with Gasteiger partial charge in [-0.2, -0.15) is 0 Å². The number of aryl methyl sites for hydroxylation is 1. The second kappa shape index (κ2) is 9.31. The molecule has 1 aliphatic heterocycles. The number of carbonyl (C=O) groups excluding carboxylic acids is 2. The van der Waals surface area contributed by atoms with Crippen molar-refractivity contribution < 1.29 is 23.5 Å². The number of likely N-dealkylation sites (tertiary alicyclic amines) is 1. The van der Waals surface area contributed by atoms with Crippen LogP contribution in [0.15, 0.2) is 30.5 Å². The van der Waals surface area contributed by atoms with Crippen LogP contribution in [0.3, 0.4) is 0 Å². The minimum absolute atomic E-state index is 0.154. The summed E-state index contributed by atoms with van der Waals surface area (Å²) in [6.45, 7) is 5.05. The van der Waals surface area contributed by atoms with Crippen molar-refractivity contribution in [2.45, 2.75) is 32.8 Å². The maximum absolute atomic E-state index is 12.9. The molecular formula is C20H23FN4O4. The Bertz CT molecular complexity index is 869. The summed E-state index contributed by atoms with van der Waals surface area (Å²) in [5.41, 5.74) is 0.760. The summed E-state index contributed by atoms with van der Waals surface area (Å²) in [5.74, 6) is -0.263. The molecule has 1 N–H and O–H groups in total. The molecule has 1 aliphatic rings. The summed E-state index contributed by atoms with van der Waals surface area (Å²) < 4.78 is 23.9. The van der Waals surface area contributed by atoms with Crippen LogP contribution in [0.1, 0.15) is 35.9 Å². The number of pyridine rings is 2. The van der Waals surface area contributed by atoms with E-state index in [1.807, 2.05) is 6.92 Å². The topological polar surface area (TPSA) is 93.6 Å². The van der Waals surface area contributed by atoms with Gasteiger partial charge in [0.1, 0.15) is 29.2 Å². The zero-order chi connectivity index (χ0) is 20.8. The quantitative estimate of drug-likeness (QED) is 0.715. The Labute approximate surface area is 168 Å². The molecule has 0 bridgehead atoms. The smallest absolute Gasteiger partial charge is 0.410 e. The number of nitrogens with zero attached hydrogens (tertiary/aromatic N) is 3. The van der Waals surface area contributed by atoms with E-state index in [1.54, 1.807) is 17.9 Å². The Morgan fingerprint density at radius 2 is 2.10 bits per heavy atom. The summed E-state index contributed by atoms with van der Waals surface area (Å²) in [6.07, 6.45) is 2.31. The number of ether oxygens (including phenoxy) is 2. The molecule has 0 atom stereocenters. The molecule has 3 heterocycles. The van der Waals surface area contributed by atoms with Gasteiger partial charge in [0.15, 0.2) is 0 Å². The fraction of sp³-hybridized carbons (Fsp3) is 0.400. The number of hydrogen-bond donors (Lipinski definition) is 1. The fourth-order valence-electron chi connectivity index (χ4n) is 2.70. The van der Waals surface area contributed by atoms with Crippen molar-refractivity contribution in [2.24, 2.45) is 0 Å². The molecule has 0 aromatic carbocycles. The summed E-state index contributed by atoms with van der Waals surface area (Å²) >= 11 is 0. The van der Waals surface area contributed by atoms with Crippen LogP contribution in [0.2, 0.25) is 0 Å². The van der Waals surface area contributed by atoms with E-state index in [4.69, 9.17) is 9.47 Å². The van der Waals surface area contributed by atoms with Crippen LogP contribution in [-0.4, -0.2) is 52.7 Å². The van der Waals surface area contributed by atoms with Gasteiger partial charge in [0.05, 0.1) is 25.9 Å². The molecule has 2 aromatic heterocycles. The van der Waals surface area contributed by atoms with Gasteiger partial charge < -0.3 is 19.7 Å². The number of carbonyl (C=O) groups is 2. The molecule has 2 aromatic rings. The van der Waals surface area contributed by atoms with Crippen LogP contribution in [0.25, 0.3) is 0 Å². The number of anilines is 1. The lowest BCUT2D eigenvalue weighted by Gasteiger charge is -2.38. The molecule has 8 nitrogen and oxygen atoms in total. The Hall–Kier alpha value is -3.23. The van der Waals surface area contributed by atoms with E-state index in [1.165, 1.54) is 18.2 Å². The van der Waals surface area contributed by atoms with Crippen LogP contribution in [0.4, 0.5) is 15.0 Å². The van der Waals surface area contributed by atoms with Crippen molar-refractivity contribution in [3.8, 4) is 5.75 Å². The predicted octanol–water partition coefficient (Wildman–Crippen LogP) is 3.18. The third-order valence-electron chi connectivity index (χ3n) is 4.26. The average molecular weight is 402 g/mol. The minimum Gasteiger partial charge on any atom is -0.487 e. The molecule has 0 radical (unpaired) electrons. The lowest BCUT2D eigenvalue weighted by Crippen LogP contribution is -2.56. The fourth-order valence-corrected chi connectivity index (χ4v) is 2.70. The van der Waals surface area contributed by atoms with E-state index in [0.29, 0.717) is 31.1 Å². The maximum atomic E-state index is 12.9. The molecule has 1 saturated heterocycles. The molecule has 2 amide bonds. The summed E-state index contributed by atoms with van der Waals surface area (Å²) in [6, 6.07) is 5.81. The van der Waals surface area contributed by atoms with Crippen molar-refractivity contribution >= 4 is 17.8 Å². The zero-order valence-electron chi connectivity index (χ0n) is 16.4. The lowest BCUT2D eigenvalue weighted by atomic mass is 10.2. The summed E-state index contributed by atoms with van der Waals surface area (Å²) in [7, 11) is 0. The van der Waals surface area contributed by atoms with Gasteiger partial charge in [-0.3, -0.25) is 4.79 Å². The highest BCUT2D eigenvalue weighted by atomic mass is 19.1. The van der Waals surface area contributed by atoms with Crippen molar-refractivity contribution in [1.82, 2.24) is 14.9 Å². The third-order valence-corrected chi connectivity index (χ3v) is 4.26. The van der Waals surface area contributed by atoms with Gasteiger partial charge >= 0.3 is 6.09 Å². The van der Waals surface area contributed by atoms with E-state index in [0.717, 1.165) is 19.0 Å². The van der Waals surface area contributed by atoms with Crippen LogP contribution < -0.4 is 10.1 Å². The van der Waals surface area contributed by atoms with Crippen LogP contribution >= 0.6 is 0 Å². The van der Waals surface area contributed by atoms with E-state index in [9.17, 15) is 14.0 Å². The van der Waals surface area contributed by atoms with Gasteiger partial charge in [0.25, 0.3) is 5.91 Å². The van der Waals surface area contributed by atoms with Crippen LogP contribution in [0.5, 0.6) is 5.75 Å². The second-order valence-electron chi connectivity index (χ2n) is 6.76. The monoisotopic (exact) mass is 402 g/mol. The molecule has 29 heavy (non-hydrogen) atoms. The Morgan fingerprint density at radius 3 is 2.79 bits per heavy atom. The van der Waals surface area contributed by atoms with Crippen molar-refractivity contribution in [3.05, 3.63) is 47.7 Å². The number of aromatic nitrogens is 2. The summed E-state index contributed by atoms with van der Waals surface area (Å²) in [5, 5.41) is 2.56. The highest BCUT2D eigenvalue weighted by molar-refractivity contribution is 6.02. The highest BCUT2D eigenvalue weighted by Crippen LogP contribution is 2.21. The van der Waals surface area contributed by atoms with Gasteiger partial charge in [0.2, 0.25) is 0 Å². The first-order valence-electron chi connectivity index (χ1n) is 9.44. The molecule has 1 fully saturated rings. The third kappa shape index (κ3) is 5.63. The van der Waals surface area contributed by atoms with Crippen molar-refractivity contribution in [3.63, 3.8) is 0 Å². The van der Waals surface area contributed by atoms with E-state index >= 15 is 0 Å². The van der Waals surface area contributed by atoms with Gasteiger partial charge in [-0.15, -0.1) is 0 Å². The Morgan fingerprint density at radius 1 is 1.31 bits per heavy atom. The lowest BCUT2D eigenvalue weighted by molar-refractivity contribution is 0.0108. The van der Waals surface area contributed by atoms with E-state index in [2.05, 4.69) is 15.3 Å². The number of halogens is 1. The first kappa shape index (κ1) is 20.5. The van der Waals surface area contributed by atoms with Crippen molar-refractivity contribution in [1.29, 1.82) is 0 Å². The second-order valence-corrected chi connectivity index (χ2v) is 6.76. The van der Waals surface area contributed by atoms with Gasteiger partial charge in [-0.25, -0.2) is 19.2 Å². The molecule has 0 aliphatic carbocycles. The zero-order valence-corrected chi connectivity index (χ0v) is 16.4. The molecule has 0 spiro atoms. The van der Waals surface area contributed by atoms with E-state index < -0.39 is 11.7 Å². The van der Waals surface area contributed by atoms with Crippen LogP contribution in [-0.2, 0) is 4.74 Å². The maximum Gasteiger partial charge on any atom is 0.410 e. The highest BCUT2D eigenvalue weighted by Gasteiger charge is 2.33. The SMILES string of the molecule is CCCCOC(=O)N1CC(Oc2cc(C)nc(C(=O)Nc3ccc(F)cn3)c2)C1. The molecule has 3 rings (SSSR count). The number of unbranched alkanes of at least 4 members (excludes halogenated alkanes) is 1. The number of nitrogens with one attached hydrogen (secondary N) is 1. The predicted molar refractivity (Wildman–Crippen MR) is 103 cm³/mol. The van der Waals surface area contributed by atoms with E-state index in [-0.39, 0.29) is 23.7 Å². The van der Waals surface area contributed by atoms with Gasteiger partial charge in [-0.1, -0.05) is 13.3 Å². The van der Waals surface area contributed by atoms with Gasteiger partial charge in [-0.05, 0) is 25.5 Å². The molecular weight excluding hydrogens is 379 g/mol. The normalized spacial score (nSPS) is 13.6.